The van der Waals surface area contributed by atoms with Crippen molar-refractivity contribution in [2.75, 3.05) is 7.05 Å². The fourth-order valence-corrected chi connectivity index (χ4v) is 2.68. The van der Waals surface area contributed by atoms with Crippen LogP contribution < -0.4 is 10.6 Å². The van der Waals surface area contributed by atoms with Crippen molar-refractivity contribution in [1.29, 1.82) is 0 Å². The quantitative estimate of drug-likeness (QED) is 0.456. The highest BCUT2D eigenvalue weighted by Gasteiger charge is 2.20. The van der Waals surface area contributed by atoms with Gasteiger partial charge in [0.25, 0.3) is 0 Å². The smallest absolute Gasteiger partial charge is 0.223 e. The standard InChI is InChI=1S/C14H25N5O.HI/c1-4-11-5-7-12(8-6-11)18-14(15-3)16-9-13-17-10(2)20-19-13;/h11-12H,4-9H2,1-3H3,(H2,15,16,18);1H. The number of hydrogen-bond acceptors (Lipinski definition) is 4. The van der Waals surface area contributed by atoms with Gasteiger partial charge in [-0.1, -0.05) is 18.5 Å². The van der Waals surface area contributed by atoms with E-state index in [1.807, 2.05) is 0 Å². The fraction of sp³-hybridized carbons (Fsp3) is 0.786. The molecule has 0 radical (unpaired) electrons. The molecule has 0 amide bonds. The molecule has 0 aliphatic heterocycles. The van der Waals surface area contributed by atoms with Gasteiger partial charge in [-0.05, 0) is 31.6 Å². The van der Waals surface area contributed by atoms with Crippen molar-refractivity contribution >= 4 is 29.9 Å². The van der Waals surface area contributed by atoms with Crippen LogP contribution in [0.3, 0.4) is 0 Å². The molecule has 1 aliphatic rings. The topological polar surface area (TPSA) is 75.3 Å². The van der Waals surface area contributed by atoms with Crippen molar-refractivity contribution in [1.82, 2.24) is 20.8 Å². The summed E-state index contributed by atoms with van der Waals surface area (Å²) >= 11 is 0. The van der Waals surface area contributed by atoms with E-state index in [1.165, 1.54) is 32.1 Å². The Morgan fingerprint density at radius 1 is 1.33 bits per heavy atom. The highest BCUT2D eigenvalue weighted by molar-refractivity contribution is 14.0. The molecule has 0 bridgehead atoms. The van der Waals surface area contributed by atoms with Gasteiger partial charge in [-0.2, -0.15) is 4.98 Å². The SMILES string of the molecule is CCC1CCC(NC(=NC)NCc2noc(C)n2)CC1.I. The van der Waals surface area contributed by atoms with Gasteiger partial charge >= 0.3 is 0 Å². The van der Waals surface area contributed by atoms with E-state index in [9.17, 15) is 0 Å². The summed E-state index contributed by atoms with van der Waals surface area (Å²) in [5, 5.41) is 10.6. The molecule has 21 heavy (non-hydrogen) atoms. The highest BCUT2D eigenvalue weighted by Crippen LogP contribution is 2.26. The summed E-state index contributed by atoms with van der Waals surface area (Å²) in [6.45, 7) is 4.60. The van der Waals surface area contributed by atoms with Crippen LogP contribution in [0, 0.1) is 12.8 Å². The Morgan fingerprint density at radius 3 is 2.57 bits per heavy atom. The Bertz CT molecular complexity index is 440. The molecule has 0 saturated heterocycles. The Labute approximate surface area is 143 Å². The summed E-state index contributed by atoms with van der Waals surface area (Å²) in [6, 6.07) is 0.524. The molecule has 1 fully saturated rings. The zero-order valence-electron chi connectivity index (χ0n) is 13.1. The van der Waals surface area contributed by atoms with Crippen molar-refractivity contribution in [3.63, 3.8) is 0 Å². The van der Waals surface area contributed by atoms with Gasteiger partial charge in [0.05, 0.1) is 6.54 Å². The van der Waals surface area contributed by atoms with E-state index < -0.39 is 0 Å². The molecule has 0 spiro atoms. The second-order valence-corrected chi connectivity index (χ2v) is 5.43. The van der Waals surface area contributed by atoms with Crippen LogP contribution in [0.2, 0.25) is 0 Å². The molecule has 0 unspecified atom stereocenters. The minimum atomic E-state index is 0. The van der Waals surface area contributed by atoms with Gasteiger partial charge in [-0.3, -0.25) is 4.99 Å². The van der Waals surface area contributed by atoms with Crippen LogP contribution in [-0.4, -0.2) is 29.2 Å². The first kappa shape index (κ1) is 18.2. The molecule has 0 atom stereocenters. The molecule has 6 nitrogen and oxygen atoms in total. The summed E-state index contributed by atoms with van der Waals surface area (Å²) < 4.78 is 4.94. The molecule has 1 heterocycles. The van der Waals surface area contributed by atoms with E-state index in [1.54, 1.807) is 14.0 Å². The number of aromatic nitrogens is 2. The zero-order valence-corrected chi connectivity index (χ0v) is 15.4. The maximum Gasteiger partial charge on any atom is 0.223 e. The maximum absolute atomic E-state index is 4.94. The summed E-state index contributed by atoms with van der Waals surface area (Å²) in [5.74, 6) is 2.96. The molecule has 1 saturated carbocycles. The minimum Gasteiger partial charge on any atom is -0.354 e. The van der Waals surface area contributed by atoms with E-state index in [2.05, 4.69) is 32.7 Å². The summed E-state index contributed by atoms with van der Waals surface area (Å²) in [4.78, 5) is 8.41. The first-order chi connectivity index (χ1) is 9.71. The lowest BCUT2D eigenvalue weighted by Gasteiger charge is -2.29. The van der Waals surface area contributed by atoms with Gasteiger partial charge in [0, 0.05) is 20.0 Å². The van der Waals surface area contributed by atoms with E-state index >= 15 is 0 Å². The number of aryl methyl sites for hydroxylation is 1. The first-order valence-corrected chi connectivity index (χ1v) is 7.47. The molecule has 120 valence electrons. The predicted molar refractivity (Wildman–Crippen MR) is 93.8 cm³/mol. The zero-order chi connectivity index (χ0) is 14.4. The number of hydrogen-bond donors (Lipinski definition) is 2. The molecule has 7 heteroatoms. The van der Waals surface area contributed by atoms with Crippen LogP contribution in [0.15, 0.2) is 9.52 Å². The molecular formula is C14H26IN5O. The molecular weight excluding hydrogens is 381 g/mol. The van der Waals surface area contributed by atoms with E-state index in [0.717, 1.165) is 11.9 Å². The lowest BCUT2D eigenvalue weighted by atomic mass is 9.84. The Kier molecular flexibility index (Phi) is 7.98. The van der Waals surface area contributed by atoms with Crippen molar-refractivity contribution in [2.45, 2.75) is 58.5 Å². The Balaban J connectivity index is 0.00000220. The summed E-state index contributed by atoms with van der Waals surface area (Å²) in [5.41, 5.74) is 0. The summed E-state index contributed by atoms with van der Waals surface area (Å²) in [7, 11) is 1.79. The van der Waals surface area contributed by atoms with Gasteiger partial charge < -0.3 is 15.2 Å². The van der Waals surface area contributed by atoms with Crippen molar-refractivity contribution in [2.24, 2.45) is 10.9 Å². The number of aliphatic imine (C=N–C) groups is 1. The van der Waals surface area contributed by atoms with Gasteiger partial charge in [-0.15, -0.1) is 24.0 Å². The van der Waals surface area contributed by atoms with Crippen LogP contribution in [-0.2, 0) is 6.54 Å². The van der Waals surface area contributed by atoms with Crippen LogP contribution in [0.4, 0.5) is 0 Å². The molecule has 1 aliphatic carbocycles. The van der Waals surface area contributed by atoms with Gasteiger partial charge in [0.2, 0.25) is 5.89 Å². The number of guanidine groups is 1. The van der Waals surface area contributed by atoms with Gasteiger partial charge in [0.1, 0.15) is 0 Å². The predicted octanol–water partition coefficient (Wildman–Crippen LogP) is 2.63. The average Bonchev–Trinajstić information content (AvgIpc) is 2.89. The Hall–Kier alpha value is -0.860. The van der Waals surface area contributed by atoms with Gasteiger partial charge in [0.15, 0.2) is 11.8 Å². The normalized spacial score (nSPS) is 22.5. The number of halogens is 1. The third-order valence-electron chi connectivity index (χ3n) is 3.97. The van der Waals surface area contributed by atoms with Crippen LogP contribution >= 0.6 is 24.0 Å². The lowest BCUT2D eigenvalue weighted by molar-refractivity contribution is 0.304. The second kappa shape index (κ2) is 9.22. The van der Waals surface area contributed by atoms with E-state index in [0.29, 0.717) is 24.3 Å². The van der Waals surface area contributed by atoms with Crippen molar-refractivity contribution < 1.29 is 4.52 Å². The number of rotatable bonds is 4. The lowest BCUT2D eigenvalue weighted by Crippen LogP contribution is -2.44. The third-order valence-corrected chi connectivity index (χ3v) is 3.97. The summed E-state index contributed by atoms with van der Waals surface area (Å²) in [6.07, 6.45) is 6.38. The third kappa shape index (κ3) is 5.80. The van der Waals surface area contributed by atoms with Crippen LogP contribution in [0.5, 0.6) is 0 Å². The second-order valence-electron chi connectivity index (χ2n) is 5.43. The number of nitrogens with zero attached hydrogens (tertiary/aromatic N) is 3. The van der Waals surface area contributed by atoms with Crippen molar-refractivity contribution in [3.05, 3.63) is 11.7 Å². The van der Waals surface area contributed by atoms with Gasteiger partial charge in [-0.25, -0.2) is 0 Å². The monoisotopic (exact) mass is 407 g/mol. The highest BCUT2D eigenvalue weighted by atomic mass is 127. The number of nitrogens with one attached hydrogen (secondary N) is 2. The maximum atomic E-state index is 4.94. The van der Waals surface area contributed by atoms with E-state index in [4.69, 9.17) is 4.52 Å². The first-order valence-electron chi connectivity index (χ1n) is 7.47. The molecule has 1 aromatic heterocycles. The van der Waals surface area contributed by atoms with Crippen molar-refractivity contribution in [3.8, 4) is 0 Å². The molecule has 2 rings (SSSR count). The van der Waals surface area contributed by atoms with E-state index in [-0.39, 0.29) is 24.0 Å². The Morgan fingerprint density at radius 2 is 2.05 bits per heavy atom. The van der Waals surface area contributed by atoms with Crippen LogP contribution in [0.1, 0.15) is 50.7 Å². The minimum absolute atomic E-state index is 0. The molecule has 0 aromatic carbocycles. The fourth-order valence-electron chi connectivity index (χ4n) is 2.68. The average molecular weight is 407 g/mol. The molecule has 2 N–H and O–H groups in total. The molecule has 1 aromatic rings. The largest absolute Gasteiger partial charge is 0.354 e. The van der Waals surface area contributed by atoms with Crippen LogP contribution in [0.25, 0.3) is 0 Å².